The minimum Gasteiger partial charge on any atom is -0.296 e. The quantitative estimate of drug-likeness (QED) is 0.197. The molecule has 0 N–H and O–H groups in total. The minimum absolute atomic E-state index is 0.160. The Morgan fingerprint density at radius 2 is 1.12 bits per heavy atom. The number of hydrogen-bond acceptors (Lipinski definition) is 2. The lowest BCUT2D eigenvalue weighted by molar-refractivity contribution is 0.909. The second-order valence-corrected chi connectivity index (χ2v) is 10.5. The topological polar surface area (TPSA) is 30.7 Å². The van der Waals surface area contributed by atoms with Crippen molar-refractivity contribution in [1.82, 2.24) is 14.5 Å². The molecular formula is C40H29N3. The van der Waals surface area contributed by atoms with E-state index in [4.69, 9.17) is 6.85 Å². The fourth-order valence-corrected chi connectivity index (χ4v) is 6.43. The highest BCUT2D eigenvalue weighted by atomic mass is 15.1. The maximum Gasteiger partial charge on any atom is 0.114 e. The Labute approximate surface area is 257 Å². The molecule has 204 valence electrons. The molecule has 3 nitrogen and oxygen atoms in total. The molecule has 43 heavy (non-hydrogen) atoms. The van der Waals surface area contributed by atoms with Crippen molar-refractivity contribution in [3.05, 3.63) is 152 Å². The van der Waals surface area contributed by atoms with Crippen molar-refractivity contribution in [2.75, 3.05) is 0 Å². The molecule has 0 spiro atoms. The van der Waals surface area contributed by atoms with Gasteiger partial charge in [0, 0.05) is 31.2 Å². The fraction of sp³-hybridized carbons (Fsp3) is 0.0500. The van der Waals surface area contributed by atoms with Crippen LogP contribution in [0.25, 0.3) is 71.6 Å². The maximum absolute atomic E-state index is 8.81. The number of nitrogens with zero attached hydrogens (tertiary/aromatic N) is 3. The van der Waals surface area contributed by atoms with Gasteiger partial charge in [-0.3, -0.25) is 9.55 Å². The van der Waals surface area contributed by atoms with Gasteiger partial charge in [0.1, 0.15) is 5.82 Å². The molecule has 8 rings (SSSR count). The Hall–Kier alpha value is -5.54. The zero-order valence-electron chi connectivity index (χ0n) is 28.2. The van der Waals surface area contributed by atoms with E-state index < -0.39 is 13.2 Å². The summed E-state index contributed by atoms with van der Waals surface area (Å²) in [4.78, 5) is 8.84. The summed E-state index contributed by atoms with van der Waals surface area (Å²) in [6, 6.07) is 44.3. The van der Waals surface area contributed by atoms with Crippen LogP contribution in [0, 0.1) is 0 Å². The van der Waals surface area contributed by atoms with Crippen LogP contribution in [0.4, 0.5) is 0 Å². The van der Waals surface area contributed by atoms with Gasteiger partial charge in [0.25, 0.3) is 0 Å². The van der Waals surface area contributed by atoms with Crippen LogP contribution in [-0.2, 0) is 6.37 Å². The summed E-state index contributed by atoms with van der Waals surface area (Å²) in [5.41, 5.74) is 8.00. The molecule has 0 saturated heterocycles. The molecule has 0 fully saturated rings. The predicted octanol–water partition coefficient (Wildman–Crippen LogP) is 10.3. The van der Waals surface area contributed by atoms with Crippen LogP contribution < -0.4 is 0 Å². The molecule has 6 aromatic carbocycles. The number of para-hydroxylation sites is 3. The third-order valence-corrected chi connectivity index (χ3v) is 8.21. The molecule has 0 unspecified atom stereocenters. The molecule has 0 amide bonds. The summed E-state index contributed by atoms with van der Waals surface area (Å²) in [5, 5.41) is 4.17. The van der Waals surface area contributed by atoms with Gasteiger partial charge < -0.3 is 0 Å². The number of aromatic nitrogens is 3. The summed E-state index contributed by atoms with van der Waals surface area (Å²) in [7, 11) is 0. The van der Waals surface area contributed by atoms with E-state index in [1.807, 2.05) is 79.1 Å². The summed E-state index contributed by atoms with van der Waals surface area (Å²) in [6.45, 7) is -2.94. The van der Waals surface area contributed by atoms with Gasteiger partial charge in [0.15, 0.2) is 0 Å². The second-order valence-electron chi connectivity index (χ2n) is 10.5. The lowest BCUT2D eigenvalue weighted by Gasteiger charge is -2.21. The number of benzene rings is 6. The third kappa shape index (κ3) is 4.04. The number of hydrogen-bond donors (Lipinski definition) is 0. The molecule has 0 aliphatic heterocycles. The minimum atomic E-state index is -2.94. The highest BCUT2D eigenvalue weighted by Crippen LogP contribution is 2.47. The molecular weight excluding hydrogens is 522 g/mol. The molecule has 3 heteroatoms. The first-order valence-electron chi connectivity index (χ1n) is 16.8. The molecule has 2 heterocycles. The van der Waals surface area contributed by atoms with Gasteiger partial charge in [-0.2, -0.15) is 0 Å². The zero-order chi connectivity index (χ0) is 33.0. The summed E-state index contributed by atoms with van der Waals surface area (Å²) >= 11 is 0. The van der Waals surface area contributed by atoms with E-state index in [0.717, 1.165) is 54.9 Å². The summed E-state index contributed by atoms with van der Waals surface area (Å²) in [5.74, 6) is -0.160. The van der Waals surface area contributed by atoms with Crippen molar-refractivity contribution < 1.29 is 6.85 Å². The van der Waals surface area contributed by atoms with Gasteiger partial charge in [-0.15, -0.1) is 0 Å². The van der Waals surface area contributed by atoms with E-state index in [0.29, 0.717) is 16.7 Å². The smallest absolute Gasteiger partial charge is 0.114 e. The van der Waals surface area contributed by atoms with Gasteiger partial charge in [0.2, 0.25) is 0 Å². The van der Waals surface area contributed by atoms with Gasteiger partial charge in [-0.05, 0) is 79.7 Å². The monoisotopic (exact) mass is 556 g/mol. The van der Waals surface area contributed by atoms with Gasteiger partial charge in [-0.1, -0.05) is 110 Å². The Morgan fingerprint density at radius 1 is 0.581 bits per heavy atom. The Balaban J connectivity index is 1.49. The molecule has 8 aromatic rings. The van der Waals surface area contributed by atoms with Gasteiger partial charge >= 0.3 is 0 Å². The van der Waals surface area contributed by atoms with Crippen LogP contribution in [0.1, 0.15) is 19.5 Å². The molecule has 2 aromatic heterocycles. The normalized spacial score (nSPS) is 13.8. The SMILES string of the molecule is [2H]C([2H])([2H])C([2H])([2H])c1nc2ccccc2n1-c1ccccc1-c1c2ccccc2c(-c2ccccc2-c2ccncc2)c2ccccc12. The van der Waals surface area contributed by atoms with Crippen LogP contribution in [0.2, 0.25) is 0 Å². The molecule has 0 aliphatic rings. The number of fused-ring (bicyclic) bond motifs is 3. The lowest BCUT2D eigenvalue weighted by Crippen LogP contribution is -2.03. The van der Waals surface area contributed by atoms with Crippen molar-refractivity contribution in [3.63, 3.8) is 0 Å². The van der Waals surface area contributed by atoms with Crippen LogP contribution >= 0.6 is 0 Å². The first-order chi connectivity index (χ1) is 23.3. The molecule has 0 atom stereocenters. The number of pyridine rings is 1. The highest BCUT2D eigenvalue weighted by molar-refractivity contribution is 6.23. The largest absolute Gasteiger partial charge is 0.296 e. The Morgan fingerprint density at radius 3 is 1.79 bits per heavy atom. The number of imidazole rings is 1. The van der Waals surface area contributed by atoms with Crippen molar-refractivity contribution >= 4 is 32.6 Å². The molecule has 0 bridgehead atoms. The average Bonchev–Trinajstić information content (AvgIpc) is 3.51. The van der Waals surface area contributed by atoms with E-state index in [2.05, 4.69) is 70.6 Å². The van der Waals surface area contributed by atoms with Crippen molar-refractivity contribution in [2.24, 2.45) is 0 Å². The van der Waals surface area contributed by atoms with E-state index in [1.165, 1.54) is 0 Å². The first kappa shape index (κ1) is 20.4. The van der Waals surface area contributed by atoms with E-state index in [-0.39, 0.29) is 5.82 Å². The van der Waals surface area contributed by atoms with Gasteiger partial charge in [-0.25, -0.2) is 4.98 Å². The summed E-state index contributed by atoms with van der Waals surface area (Å²) < 4.78 is 43.7. The van der Waals surface area contributed by atoms with Crippen LogP contribution in [0.5, 0.6) is 0 Å². The van der Waals surface area contributed by atoms with Crippen molar-refractivity contribution in [2.45, 2.75) is 13.2 Å². The van der Waals surface area contributed by atoms with Crippen LogP contribution in [0.15, 0.2) is 146 Å². The molecule has 0 saturated carbocycles. The maximum atomic E-state index is 8.81. The van der Waals surface area contributed by atoms with E-state index in [1.54, 1.807) is 10.6 Å². The van der Waals surface area contributed by atoms with Crippen molar-refractivity contribution in [1.29, 1.82) is 0 Å². The average molecular weight is 557 g/mol. The summed E-state index contributed by atoms with van der Waals surface area (Å²) in [6.07, 6.45) is 0.903. The number of aryl methyl sites for hydroxylation is 1. The molecule has 0 aliphatic carbocycles. The third-order valence-electron chi connectivity index (χ3n) is 8.21. The standard InChI is InChI=1S/C40H29N3/c1-2-38-42-35-20-10-12-22-37(35)43(38)36-21-11-9-19-34(36)40-32-17-7-5-15-30(32)39(31-16-6-8-18-33(31)40)29-14-4-3-13-28(29)27-23-25-41-26-24-27/h3-26H,2H2,1H3/i1D3,2D2. The van der Waals surface area contributed by atoms with Gasteiger partial charge in [0.05, 0.1) is 16.7 Å². The predicted molar refractivity (Wildman–Crippen MR) is 180 cm³/mol. The Kier molecular flexibility index (Phi) is 4.91. The highest BCUT2D eigenvalue weighted by Gasteiger charge is 2.21. The van der Waals surface area contributed by atoms with E-state index >= 15 is 0 Å². The molecule has 0 radical (unpaired) electrons. The lowest BCUT2D eigenvalue weighted by atomic mass is 9.83. The van der Waals surface area contributed by atoms with Crippen LogP contribution in [0.3, 0.4) is 0 Å². The van der Waals surface area contributed by atoms with Crippen LogP contribution in [-0.4, -0.2) is 14.5 Å². The first-order valence-corrected chi connectivity index (χ1v) is 14.3. The van der Waals surface area contributed by atoms with E-state index in [9.17, 15) is 0 Å². The number of rotatable bonds is 5. The second kappa shape index (κ2) is 10.4. The zero-order valence-corrected chi connectivity index (χ0v) is 23.2. The Bertz CT molecular complexity index is 2430. The fourth-order valence-electron chi connectivity index (χ4n) is 6.43. The van der Waals surface area contributed by atoms with Crippen molar-refractivity contribution in [3.8, 4) is 39.1 Å².